The van der Waals surface area contributed by atoms with Crippen molar-refractivity contribution in [3.8, 4) is 0 Å². The lowest BCUT2D eigenvalue weighted by molar-refractivity contribution is 0.186. The van der Waals surface area contributed by atoms with E-state index < -0.39 is 11.9 Å². The summed E-state index contributed by atoms with van der Waals surface area (Å²) in [5.74, 6) is -2.44. The molecule has 78 valence electrons. The van der Waals surface area contributed by atoms with Crippen molar-refractivity contribution in [3.05, 3.63) is 29.8 Å². The first-order valence-corrected chi connectivity index (χ1v) is 4.94. The third-order valence-electron chi connectivity index (χ3n) is 1.69. The molecular weight excluding hydrogens is 208 g/mol. The van der Waals surface area contributed by atoms with Gasteiger partial charge in [0.25, 0.3) is 5.76 Å². The molecule has 1 atom stereocenters. The largest absolute Gasteiger partial charge is 0.387 e. The quantitative estimate of drug-likeness (QED) is 0.761. The number of aliphatic hydroxyl groups is 1. The second-order valence-electron chi connectivity index (χ2n) is 2.70. The van der Waals surface area contributed by atoms with Crippen molar-refractivity contribution in [2.24, 2.45) is 5.73 Å². The summed E-state index contributed by atoms with van der Waals surface area (Å²) in [4.78, 5) is 0.435. The number of hydrogen-bond acceptors (Lipinski definition) is 3. The average Bonchev–Trinajstić information content (AvgIpc) is 2.16. The van der Waals surface area contributed by atoms with Crippen LogP contribution >= 0.6 is 11.8 Å². The van der Waals surface area contributed by atoms with E-state index in [0.717, 1.165) is 0 Å². The van der Waals surface area contributed by atoms with Crippen LogP contribution in [0, 0.1) is 0 Å². The van der Waals surface area contributed by atoms with Crippen molar-refractivity contribution in [1.82, 2.24) is 0 Å². The van der Waals surface area contributed by atoms with Crippen LogP contribution in [0.5, 0.6) is 0 Å². The Hall–Kier alpha value is -0.650. The monoisotopic (exact) mass is 219 g/mol. The second-order valence-corrected chi connectivity index (χ2v) is 3.77. The Morgan fingerprint density at radius 2 is 2.14 bits per heavy atom. The van der Waals surface area contributed by atoms with Gasteiger partial charge in [0, 0.05) is 11.4 Å². The molecule has 0 unspecified atom stereocenters. The van der Waals surface area contributed by atoms with Crippen molar-refractivity contribution in [3.63, 3.8) is 0 Å². The molecular formula is C9H11F2NOS. The summed E-state index contributed by atoms with van der Waals surface area (Å²) in [7, 11) is 0. The van der Waals surface area contributed by atoms with Crippen LogP contribution < -0.4 is 5.73 Å². The summed E-state index contributed by atoms with van der Waals surface area (Å²) in [6.45, 7) is 0.0861. The Morgan fingerprint density at radius 3 is 2.71 bits per heavy atom. The van der Waals surface area contributed by atoms with Gasteiger partial charge >= 0.3 is 0 Å². The molecule has 0 bridgehead atoms. The SMILES string of the molecule is NC[C@H](O)c1cccc(SC(F)F)c1. The summed E-state index contributed by atoms with van der Waals surface area (Å²) >= 11 is 0.455. The fourth-order valence-corrected chi connectivity index (χ4v) is 1.60. The number of hydrogen-bond donors (Lipinski definition) is 2. The zero-order valence-electron chi connectivity index (χ0n) is 7.36. The fourth-order valence-electron chi connectivity index (χ4n) is 1.03. The standard InChI is InChI=1S/C9H11F2NOS/c10-9(11)14-7-3-1-2-6(4-7)8(13)5-12/h1-4,8-9,13H,5,12H2/t8-/m0/s1. The van der Waals surface area contributed by atoms with Gasteiger partial charge in [-0.25, -0.2) is 0 Å². The molecule has 0 aliphatic heterocycles. The highest BCUT2D eigenvalue weighted by Crippen LogP contribution is 2.27. The van der Waals surface area contributed by atoms with E-state index in [1.54, 1.807) is 18.2 Å². The minimum absolute atomic E-state index is 0.0861. The maximum Gasteiger partial charge on any atom is 0.288 e. The Morgan fingerprint density at radius 1 is 1.43 bits per heavy atom. The van der Waals surface area contributed by atoms with Crippen LogP contribution in [0.2, 0.25) is 0 Å². The molecule has 0 spiro atoms. The summed E-state index contributed by atoms with van der Waals surface area (Å²) < 4.78 is 24.0. The van der Waals surface area contributed by atoms with E-state index in [2.05, 4.69) is 0 Å². The molecule has 0 aromatic heterocycles. The normalized spacial score (nSPS) is 13.2. The van der Waals surface area contributed by atoms with Crippen LogP contribution in [-0.4, -0.2) is 17.4 Å². The zero-order valence-corrected chi connectivity index (χ0v) is 8.18. The minimum atomic E-state index is -2.44. The topological polar surface area (TPSA) is 46.2 Å². The van der Waals surface area contributed by atoms with Crippen molar-refractivity contribution < 1.29 is 13.9 Å². The minimum Gasteiger partial charge on any atom is -0.387 e. The number of thioether (sulfide) groups is 1. The average molecular weight is 219 g/mol. The summed E-state index contributed by atoms with van der Waals surface area (Å²) in [6.07, 6.45) is -0.784. The van der Waals surface area contributed by atoms with E-state index in [-0.39, 0.29) is 6.54 Å². The fraction of sp³-hybridized carbons (Fsp3) is 0.333. The maximum absolute atomic E-state index is 12.0. The van der Waals surface area contributed by atoms with Gasteiger partial charge in [-0.1, -0.05) is 23.9 Å². The van der Waals surface area contributed by atoms with Gasteiger partial charge in [0.15, 0.2) is 0 Å². The number of rotatable bonds is 4. The molecule has 0 saturated heterocycles. The third kappa shape index (κ3) is 3.25. The maximum atomic E-state index is 12.0. The van der Waals surface area contributed by atoms with E-state index in [9.17, 15) is 13.9 Å². The summed E-state index contributed by atoms with van der Waals surface area (Å²) in [6, 6.07) is 6.38. The van der Waals surface area contributed by atoms with E-state index in [0.29, 0.717) is 22.2 Å². The predicted molar refractivity (Wildman–Crippen MR) is 52.3 cm³/mol. The van der Waals surface area contributed by atoms with Gasteiger partial charge in [0.05, 0.1) is 6.10 Å². The van der Waals surface area contributed by atoms with Gasteiger partial charge in [-0.15, -0.1) is 0 Å². The number of benzene rings is 1. The molecule has 1 aromatic carbocycles. The number of halogens is 2. The first-order chi connectivity index (χ1) is 6.63. The second kappa shape index (κ2) is 5.29. The first kappa shape index (κ1) is 11.4. The molecule has 0 saturated carbocycles. The highest BCUT2D eigenvalue weighted by molar-refractivity contribution is 7.99. The Balaban J connectivity index is 2.78. The molecule has 0 fully saturated rings. The Bertz CT molecular complexity index is 296. The molecule has 0 aliphatic rings. The van der Waals surface area contributed by atoms with Gasteiger partial charge in [-0.2, -0.15) is 8.78 Å². The van der Waals surface area contributed by atoms with Crippen molar-refractivity contribution in [2.75, 3.05) is 6.54 Å². The highest BCUT2D eigenvalue weighted by atomic mass is 32.2. The molecule has 14 heavy (non-hydrogen) atoms. The molecule has 1 rings (SSSR count). The van der Waals surface area contributed by atoms with Crippen LogP contribution in [-0.2, 0) is 0 Å². The van der Waals surface area contributed by atoms with E-state index in [1.165, 1.54) is 6.07 Å². The van der Waals surface area contributed by atoms with E-state index in [1.807, 2.05) is 0 Å². The van der Waals surface area contributed by atoms with Crippen LogP contribution in [0.3, 0.4) is 0 Å². The molecule has 5 heteroatoms. The van der Waals surface area contributed by atoms with Gasteiger partial charge in [-0.3, -0.25) is 0 Å². The van der Waals surface area contributed by atoms with E-state index in [4.69, 9.17) is 5.73 Å². The van der Waals surface area contributed by atoms with Gasteiger partial charge in [0.1, 0.15) is 0 Å². The molecule has 0 amide bonds. The van der Waals surface area contributed by atoms with Gasteiger partial charge in [0.2, 0.25) is 0 Å². The molecule has 0 aliphatic carbocycles. The third-order valence-corrected chi connectivity index (χ3v) is 2.40. The summed E-state index contributed by atoms with van der Waals surface area (Å²) in [5, 5.41) is 9.37. The van der Waals surface area contributed by atoms with Crippen LogP contribution in [0.15, 0.2) is 29.2 Å². The predicted octanol–water partition coefficient (Wildman–Crippen LogP) is 1.99. The van der Waals surface area contributed by atoms with Crippen LogP contribution in [0.4, 0.5) is 8.78 Å². The zero-order chi connectivity index (χ0) is 10.6. The van der Waals surface area contributed by atoms with Gasteiger partial charge in [-0.05, 0) is 17.7 Å². The highest BCUT2D eigenvalue weighted by Gasteiger charge is 2.08. The van der Waals surface area contributed by atoms with Crippen molar-refractivity contribution >= 4 is 11.8 Å². The lowest BCUT2D eigenvalue weighted by Gasteiger charge is -2.09. The van der Waals surface area contributed by atoms with Crippen molar-refractivity contribution in [2.45, 2.75) is 16.8 Å². The number of alkyl halides is 2. The smallest absolute Gasteiger partial charge is 0.288 e. The number of nitrogens with two attached hydrogens (primary N) is 1. The first-order valence-electron chi connectivity index (χ1n) is 4.06. The van der Waals surface area contributed by atoms with Crippen LogP contribution in [0.25, 0.3) is 0 Å². The lowest BCUT2D eigenvalue weighted by atomic mass is 10.1. The molecule has 1 aromatic rings. The summed E-state index contributed by atoms with van der Waals surface area (Å²) in [5.41, 5.74) is 5.82. The van der Waals surface area contributed by atoms with E-state index >= 15 is 0 Å². The lowest BCUT2D eigenvalue weighted by Crippen LogP contribution is -2.11. The number of aliphatic hydroxyl groups excluding tert-OH is 1. The van der Waals surface area contributed by atoms with Gasteiger partial charge < -0.3 is 10.8 Å². The Labute approximate surface area is 85.1 Å². The Kier molecular flexibility index (Phi) is 4.31. The molecule has 0 heterocycles. The molecule has 0 radical (unpaired) electrons. The van der Waals surface area contributed by atoms with Crippen LogP contribution in [0.1, 0.15) is 11.7 Å². The van der Waals surface area contributed by atoms with Crippen molar-refractivity contribution in [1.29, 1.82) is 0 Å². The molecule has 2 nitrogen and oxygen atoms in total. The molecule has 3 N–H and O–H groups in total.